The molecule has 0 aliphatic rings. The molecular formula is C27H41ClN2O3. The quantitative estimate of drug-likeness (QED) is 0.464. The van der Waals surface area contributed by atoms with E-state index in [1.54, 1.807) is 14.2 Å². The fraction of sp³-hybridized carbons (Fsp3) is 0.407. The fourth-order valence-electron chi connectivity index (χ4n) is 3.19. The predicted octanol–water partition coefficient (Wildman–Crippen LogP) is 6.15. The Morgan fingerprint density at radius 1 is 1.15 bits per heavy atom. The molecule has 0 aliphatic heterocycles. The molecule has 0 aliphatic carbocycles. The highest BCUT2D eigenvalue weighted by atomic mass is 35.5. The first-order valence-electron chi connectivity index (χ1n) is 10.6. The average molecular weight is 477 g/mol. The van der Waals surface area contributed by atoms with Gasteiger partial charge in [0, 0.05) is 51.2 Å². The monoisotopic (exact) mass is 476 g/mol. The second-order valence-corrected chi connectivity index (χ2v) is 8.06. The number of rotatable bonds is 8. The summed E-state index contributed by atoms with van der Waals surface area (Å²) < 4.78 is 4.25. The Kier molecular flexibility index (Phi) is 18.9. The van der Waals surface area contributed by atoms with Crippen LogP contribution < -0.4 is 0 Å². The van der Waals surface area contributed by atoms with Crippen molar-refractivity contribution in [3.8, 4) is 0 Å². The highest BCUT2D eigenvalue weighted by molar-refractivity contribution is 6.30. The van der Waals surface area contributed by atoms with Crippen LogP contribution in [-0.2, 0) is 16.0 Å². The van der Waals surface area contributed by atoms with Gasteiger partial charge >= 0.3 is 0 Å². The molecular weight excluding hydrogens is 436 g/mol. The number of aliphatic hydroxyl groups excluding tert-OH is 1. The highest BCUT2D eigenvalue weighted by Crippen LogP contribution is 2.30. The van der Waals surface area contributed by atoms with Crippen LogP contribution in [0.25, 0.3) is 5.70 Å². The number of nitrogens with zero attached hydrogens (tertiary/aromatic N) is 2. The summed E-state index contributed by atoms with van der Waals surface area (Å²) in [6.45, 7) is 17.5. The van der Waals surface area contributed by atoms with Gasteiger partial charge in [-0.3, -0.25) is 4.99 Å². The van der Waals surface area contributed by atoms with Crippen LogP contribution in [0.15, 0.2) is 48.0 Å². The van der Waals surface area contributed by atoms with Crippen molar-refractivity contribution in [2.45, 2.75) is 33.6 Å². The van der Waals surface area contributed by atoms with Crippen LogP contribution in [0.4, 0.5) is 5.69 Å². The third-order valence-corrected chi connectivity index (χ3v) is 5.16. The highest BCUT2D eigenvalue weighted by Gasteiger charge is 2.12. The topological polar surface area (TPSA) is 62.1 Å². The van der Waals surface area contributed by atoms with Gasteiger partial charge in [0.25, 0.3) is 0 Å². The molecule has 0 saturated heterocycles. The summed E-state index contributed by atoms with van der Waals surface area (Å²) >= 11 is 6.05. The Balaban J connectivity index is 0. The van der Waals surface area contributed by atoms with Crippen molar-refractivity contribution in [1.29, 1.82) is 0 Å². The zero-order chi connectivity index (χ0) is 26.0. The maximum absolute atomic E-state index is 8.00. The molecule has 0 amide bonds. The van der Waals surface area contributed by atoms with Gasteiger partial charge in [-0.2, -0.15) is 0 Å². The Labute approximate surface area is 205 Å². The molecule has 33 heavy (non-hydrogen) atoms. The van der Waals surface area contributed by atoms with Crippen molar-refractivity contribution < 1.29 is 14.6 Å². The van der Waals surface area contributed by atoms with Gasteiger partial charge in [-0.05, 0) is 68.7 Å². The van der Waals surface area contributed by atoms with E-state index in [-0.39, 0.29) is 0 Å². The van der Waals surface area contributed by atoms with Crippen LogP contribution in [0.3, 0.4) is 0 Å². The molecule has 2 rings (SSSR count). The summed E-state index contributed by atoms with van der Waals surface area (Å²) in [5, 5.41) is 7.66. The average Bonchev–Trinajstić information content (AvgIpc) is 2.82. The Bertz CT molecular complexity index is 840. The van der Waals surface area contributed by atoms with E-state index in [1.165, 1.54) is 16.7 Å². The number of halogens is 1. The third kappa shape index (κ3) is 12.4. The fourth-order valence-corrected chi connectivity index (χ4v) is 3.35. The van der Waals surface area contributed by atoms with Crippen LogP contribution in [0, 0.1) is 19.8 Å². The van der Waals surface area contributed by atoms with E-state index < -0.39 is 0 Å². The molecule has 5 nitrogen and oxygen atoms in total. The molecule has 2 aromatic carbocycles. The Morgan fingerprint density at radius 3 is 2.24 bits per heavy atom. The molecule has 6 heteroatoms. The third-order valence-electron chi connectivity index (χ3n) is 4.93. The maximum Gasteiger partial charge on any atom is 0.106 e. The van der Waals surface area contributed by atoms with E-state index in [2.05, 4.69) is 73.9 Å². The van der Waals surface area contributed by atoms with Gasteiger partial charge in [0.05, 0.1) is 5.69 Å². The van der Waals surface area contributed by atoms with Crippen molar-refractivity contribution in [3.63, 3.8) is 0 Å². The van der Waals surface area contributed by atoms with Gasteiger partial charge in [0.1, 0.15) is 6.79 Å². The van der Waals surface area contributed by atoms with Gasteiger partial charge in [-0.25, -0.2) is 0 Å². The number of hydrogen-bond acceptors (Lipinski definition) is 5. The van der Waals surface area contributed by atoms with Crippen molar-refractivity contribution in [2.24, 2.45) is 10.9 Å². The lowest BCUT2D eigenvalue weighted by Gasteiger charge is -2.25. The molecule has 184 valence electrons. The van der Waals surface area contributed by atoms with Crippen molar-refractivity contribution in [3.05, 3.63) is 70.3 Å². The molecule has 0 saturated carbocycles. The van der Waals surface area contributed by atoms with E-state index >= 15 is 0 Å². The van der Waals surface area contributed by atoms with E-state index in [0.717, 1.165) is 43.4 Å². The van der Waals surface area contributed by atoms with Crippen LogP contribution in [-0.4, -0.2) is 58.4 Å². The lowest BCUT2D eigenvalue weighted by molar-refractivity contribution is -0.0979. The molecule has 0 bridgehead atoms. The van der Waals surface area contributed by atoms with Crippen LogP contribution in [0.5, 0.6) is 0 Å². The van der Waals surface area contributed by atoms with Crippen molar-refractivity contribution >= 4 is 36.5 Å². The molecule has 0 radical (unpaired) electrons. The summed E-state index contributed by atoms with van der Waals surface area (Å²) in [6, 6.07) is 12.4. The minimum Gasteiger partial charge on any atom is -0.400 e. The lowest BCUT2D eigenvalue weighted by Crippen LogP contribution is -2.20. The summed E-state index contributed by atoms with van der Waals surface area (Å²) in [4.78, 5) is 14.3. The zero-order valence-corrected chi connectivity index (χ0v) is 22.1. The van der Waals surface area contributed by atoms with Crippen LogP contribution in [0.1, 0.15) is 35.6 Å². The van der Waals surface area contributed by atoms with Gasteiger partial charge in [0.15, 0.2) is 0 Å². The maximum atomic E-state index is 8.00. The minimum absolute atomic E-state index is 0.605. The number of aryl methyl sites for hydroxylation is 2. The molecule has 0 spiro atoms. The SMILES string of the molecule is C=Nc1cc(Cl)ccc1C(=C)N(C)CCC(C)Cc1ccc(C)cc1C.C=O.CO.COC. The molecule has 2 aromatic rings. The Morgan fingerprint density at radius 2 is 1.73 bits per heavy atom. The van der Waals surface area contributed by atoms with E-state index in [1.807, 2.05) is 25.0 Å². The number of ether oxygens (including phenoxy) is 1. The van der Waals surface area contributed by atoms with Gasteiger partial charge in [-0.1, -0.05) is 48.9 Å². The zero-order valence-electron chi connectivity index (χ0n) is 21.3. The lowest BCUT2D eigenvalue weighted by atomic mass is 9.94. The number of aliphatic imine (C=N–C) groups is 1. The second-order valence-electron chi connectivity index (χ2n) is 7.62. The predicted molar refractivity (Wildman–Crippen MR) is 144 cm³/mol. The standard InChI is InChI=1S/C23H29ClN2.C2H6O.CH4O.CH2O/c1-16-7-8-20(18(3)13-16)14-17(2)11-12-26(6)19(4)22-10-9-21(24)15-23(22)25-5;1-3-2;2*1-2/h7-10,13,15,17H,4-5,11-12,14H2,1-3,6H3;1-2H3;2H,1H3;1H2. The normalized spacial score (nSPS) is 10.2. The van der Waals surface area contributed by atoms with Gasteiger partial charge in [-0.15, -0.1) is 0 Å². The minimum atomic E-state index is 0.605. The molecule has 1 N–H and O–H groups in total. The van der Waals surface area contributed by atoms with Crippen molar-refractivity contribution in [2.75, 3.05) is 34.9 Å². The van der Waals surface area contributed by atoms with E-state index in [9.17, 15) is 0 Å². The first-order chi connectivity index (χ1) is 15.7. The van der Waals surface area contributed by atoms with Crippen molar-refractivity contribution in [1.82, 2.24) is 4.90 Å². The molecule has 0 heterocycles. The number of carbonyl (C=O) groups is 1. The van der Waals surface area contributed by atoms with E-state index in [4.69, 9.17) is 21.5 Å². The molecule has 0 fully saturated rings. The number of methoxy groups -OCH3 is 1. The largest absolute Gasteiger partial charge is 0.400 e. The summed E-state index contributed by atoms with van der Waals surface area (Å²) in [5.41, 5.74) is 6.86. The summed E-state index contributed by atoms with van der Waals surface area (Å²) in [5.74, 6) is 0.605. The number of benzene rings is 2. The van der Waals surface area contributed by atoms with Crippen LogP contribution in [0.2, 0.25) is 5.02 Å². The van der Waals surface area contributed by atoms with Gasteiger partial charge < -0.3 is 19.5 Å². The number of aliphatic hydroxyl groups is 1. The van der Waals surface area contributed by atoms with E-state index in [0.29, 0.717) is 10.9 Å². The first-order valence-corrected chi connectivity index (χ1v) is 11.0. The second kappa shape index (κ2) is 19.0. The molecule has 1 atom stereocenters. The molecule has 1 unspecified atom stereocenters. The first kappa shape index (κ1) is 32.7. The smallest absolute Gasteiger partial charge is 0.106 e. The number of hydrogen-bond donors (Lipinski definition) is 1. The number of carbonyl (C=O) groups excluding carboxylic acids is 1. The van der Waals surface area contributed by atoms with Crippen LogP contribution >= 0.6 is 11.6 Å². The van der Waals surface area contributed by atoms with Gasteiger partial charge in [0.2, 0.25) is 0 Å². The molecule has 0 aromatic heterocycles. The summed E-state index contributed by atoms with van der Waals surface area (Å²) in [6.07, 6.45) is 2.21. The Hall–Kier alpha value is -2.47. The summed E-state index contributed by atoms with van der Waals surface area (Å²) in [7, 11) is 6.33.